The number of fused-ring (bicyclic) bond motifs is 3. The maximum atomic E-state index is 14.3. The molecule has 1 unspecified atom stereocenters. The molecule has 178 valence electrons. The zero-order valence-electron chi connectivity index (χ0n) is 18.2. The van der Waals surface area contributed by atoms with E-state index in [2.05, 4.69) is 5.32 Å². The molecule has 9 heteroatoms. The predicted octanol–water partition coefficient (Wildman–Crippen LogP) is 3.34. The Balaban J connectivity index is 1.15. The molecule has 2 fully saturated rings. The monoisotopic (exact) mass is 470 g/mol. The number of carboxylic acid groups (broad SMARTS) is 1. The molecule has 3 aliphatic rings. The minimum absolute atomic E-state index is 0.0622. The molecule has 2 N–H and O–H groups in total. The summed E-state index contributed by atoms with van der Waals surface area (Å²) in [5.74, 6) is -8.78. The topological polar surface area (TPSA) is 95.9 Å². The van der Waals surface area contributed by atoms with Crippen molar-refractivity contribution in [3.05, 3.63) is 59.7 Å². The van der Waals surface area contributed by atoms with Crippen LogP contribution >= 0.6 is 0 Å². The number of benzene rings is 2. The highest BCUT2D eigenvalue weighted by Gasteiger charge is 2.72. The van der Waals surface area contributed by atoms with Gasteiger partial charge >= 0.3 is 12.1 Å². The van der Waals surface area contributed by atoms with Crippen LogP contribution in [-0.2, 0) is 14.3 Å². The lowest BCUT2D eigenvalue weighted by Crippen LogP contribution is -2.33. The van der Waals surface area contributed by atoms with Crippen molar-refractivity contribution in [2.75, 3.05) is 26.2 Å². The minimum atomic E-state index is -3.24. The van der Waals surface area contributed by atoms with E-state index in [4.69, 9.17) is 9.84 Å². The lowest BCUT2D eigenvalue weighted by atomic mass is 9.98. The van der Waals surface area contributed by atoms with Crippen molar-refractivity contribution in [3.63, 3.8) is 0 Å². The van der Waals surface area contributed by atoms with Crippen molar-refractivity contribution in [2.24, 2.45) is 17.8 Å². The number of halogens is 2. The van der Waals surface area contributed by atoms with Gasteiger partial charge in [-0.05, 0) is 28.7 Å². The fourth-order valence-corrected chi connectivity index (χ4v) is 5.18. The highest BCUT2D eigenvalue weighted by molar-refractivity contribution is 5.85. The number of alkyl halides is 2. The molecular formula is C25H24F2N2O5. The Kier molecular flexibility index (Phi) is 5.50. The van der Waals surface area contributed by atoms with Crippen LogP contribution in [0.4, 0.5) is 13.6 Å². The van der Waals surface area contributed by atoms with Crippen LogP contribution in [0.25, 0.3) is 11.1 Å². The summed E-state index contributed by atoms with van der Waals surface area (Å²) < 4.78 is 33.9. The molecule has 0 spiro atoms. The number of alkyl carbamates (subject to hydrolysis) is 1. The molecule has 0 bridgehead atoms. The fraction of sp³-hybridized carbons (Fsp3) is 0.400. The number of nitrogens with zero attached hydrogens (tertiary/aromatic N) is 1. The largest absolute Gasteiger partial charge is 0.481 e. The van der Waals surface area contributed by atoms with Crippen molar-refractivity contribution < 1.29 is 33.0 Å². The summed E-state index contributed by atoms with van der Waals surface area (Å²) in [5.41, 5.74) is 4.25. The number of hydrogen-bond acceptors (Lipinski definition) is 4. The fourth-order valence-electron chi connectivity index (χ4n) is 5.18. The van der Waals surface area contributed by atoms with E-state index in [1.54, 1.807) is 0 Å². The first-order valence-corrected chi connectivity index (χ1v) is 11.3. The van der Waals surface area contributed by atoms with Crippen molar-refractivity contribution in [1.82, 2.24) is 10.2 Å². The Morgan fingerprint density at radius 3 is 2.26 bits per heavy atom. The van der Waals surface area contributed by atoms with E-state index in [-0.39, 0.29) is 32.0 Å². The summed E-state index contributed by atoms with van der Waals surface area (Å²) in [6.45, 7) is -0.244. The summed E-state index contributed by atoms with van der Waals surface area (Å²) in [4.78, 5) is 37.0. The van der Waals surface area contributed by atoms with Gasteiger partial charge < -0.3 is 20.1 Å². The summed E-state index contributed by atoms with van der Waals surface area (Å²) in [6, 6.07) is 15.7. The summed E-state index contributed by atoms with van der Waals surface area (Å²) in [5, 5.41) is 11.4. The van der Waals surface area contributed by atoms with Crippen LogP contribution in [-0.4, -0.2) is 60.1 Å². The first kappa shape index (κ1) is 22.3. The molecule has 1 saturated heterocycles. The summed E-state index contributed by atoms with van der Waals surface area (Å²) in [6.07, 6.45) is -0.565. The molecule has 1 saturated carbocycles. The molecule has 2 aromatic rings. The van der Waals surface area contributed by atoms with E-state index in [1.165, 1.54) is 4.90 Å². The molecule has 0 aromatic heterocycles. The number of amides is 2. The minimum Gasteiger partial charge on any atom is -0.481 e. The number of rotatable bonds is 6. The molecule has 1 aliphatic heterocycles. The van der Waals surface area contributed by atoms with E-state index >= 15 is 0 Å². The third-order valence-electron chi connectivity index (χ3n) is 7.13. The van der Waals surface area contributed by atoms with Gasteiger partial charge in [-0.2, -0.15) is 0 Å². The third kappa shape index (κ3) is 3.78. The van der Waals surface area contributed by atoms with Gasteiger partial charge in [0, 0.05) is 25.6 Å². The van der Waals surface area contributed by atoms with E-state index in [0.717, 1.165) is 22.3 Å². The SMILES string of the molecule is O=C(NC[C@H]1[C@@H](C(=O)N2CCC(C(=O)O)C2)C1(F)F)OCC1c2ccccc2-c2ccccc21. The van der Waals surface area contributed by atoms with E-state index in [0.29, 0.717) is 0 Å². The average molecular weight is 470 g/mol. The molecule has 2 amide bonds. The quantitative estimate of drug-likeness (QED) is 0.675. The number of likely N-dealkylation sites (tertiary alicyclic amines) is 1. The van der Waals surface area contributed by atoms with Crippen LogP contribution < -0.4 is 5.32 Å². The molecule has 34 heavy (non-hydrogen) atoms. The van der Waals surface area contributed by atoms with Crippen molar-refractivity contribution in [3.8, 4) is 11.1 Å². The molecule has 1 heterocycles. The smallest absolute Gasteiger partial charge is 0.407 e. The van der Waals surface area contributed by atoms with Gasteiger partial charge in [-0.15, -0.1) is 0 Å². The molecule has 0 radical (unpaired) electrons. The van der Waals surface area contributed by atoms with Gasteiger partial charge in [0.1, 0.15) is 12.5 Å². The van der Waals surface area contributed by atoms with Gasteiger partial charge in [-0.3, -0.25) is 9.59 Å². The maximum absolute atomic E-state index is 14.3. The number of hydrogen-bond donors (Lipinski definition) is 2. The number of carbonyl (C=O) groups is 3. The number of aliphatic carboxylic acids is 1. The van der Waals surface area contributed by atoms with Crippen molar-refractivity contribution in [2.45, 2.75) is 18.3 Å². The lowest BCUT2D eigenvalue weighted by molar-refractivity contribution is -0.141. The Hall–Kier alpha value is -3.49. The number of carboxylic acids is 1. The van der Waals surface area contributed by atoms with Crippen LogP contribution in [0.3, 0.4) is 0 Å². The van der Waals surface area contributed by atoms with Crippen molar-refractivity contribution in [1.29, 1.82) is 0 Å². The summed E-state index contributed by atoms with van der Waals surface area (Å²) in [7, 11) is 0. The zero-order chi connectivity index (χ0) is 24.0. The second-order valence-electron chi connectivity index (χ2n) is 9.07. The van der Waals surface area contributed by atoms with E-state index in [9.17, 15) is 23.2 Å². The predicted molar refractivity (Wildman–Crippen MR) is 117 cm³/mol. The lowest BCUT2D eigenvalue weighted by Gasteiger charge is -2.15. The molecular weight excluding hydrogens is 446 g/mol. The molecule has 3 atom stereocenters. The zero-order valence-corrected chi connectivity index (χ0v) is 18.2. The highest BCUT2D eigenvalue weighted by atomic mass is 19.3. The Labute approximate surface area is 194 Å². The van der Waals surface area contributed by atoms with Crippen molar-refractivity contribution >= 4 is 18.0 Å². The molecule has 2 aliphatic carbocycles. The second kappa shape index (κ2) is 8.38. The third-order valence-corrected chi connectivity index (χ3v) is 7.13. The number of carbonyl (C=O) groups excluding carboxylic acids is 2. The number of nitrogens with one attached hydrogen (secondary N) is 1. The van der Waals surface area contributed by atoms with Gasteiger partial charge in [0.15, 0.2) is 0 Å². The van der Waals surface area contributed by atoms with Crippen LogP contribution in [0.5, 0.6) is 0 Å². The molecule has 2 aromatic carbocycles. The first-order chi connectivity index (χ1) is 16.3. The van der Waals surface area contributed by atoms with E-state index in [1.807, 2.05) is 48.5 Å². The molecule has 7 nitrogen and oxygen atoms in total. The van der Waals surface area contributed by atoms with E-state index < -0.39 is 48.2 Å². The Morgan fingerprint density at radius 1 is 1.06 bits per heavy atom. The van der Waals surface area contributed by atoms with Crippen LogP contribution in [0.2, 0.25) is 0 Å². The second-order valence-corrected chi connectivity index (χ2v) is 9.07. The van der Waals surface area contributed by atoms with Crippen LogP contribution in [0, 0.1) is 17.8 Å². The van der Waals surface area contributed by atoms with Gasteiger partial charge in [0.2, 0.25) is 5.91 Å². The summed E-state index contributed by atoms with van der Waals surface area (Å²) >= 11 is 0. The standard InChI is InChI=1S/C25H24F2N2O5/c26-25(27)20(21(25)22(30)29-10-9-14(12-29)23(31)32)11-28-24(33)34-13-19-17-7-3-1-5-15(17)16-6-2-4-8-18(16)19/h1-8,14,19-21H,9-13H2,(H,28,33)(H,31,32)/t14?,20-,21-/m0/s1. The number of ether oxygens (including phenoxy) is 1. The van der Waals surface area contributed by atoms with Gasteiger partial charge in [0.25, 0.3) is 5.92 Å². The van der Waals surface area contributed by atoms with Crippen LogP contribution in [0.15, 0.2) is 48.5 Å². The average Bonchev–Trinajstić information content (AvgIpc) is 3.18. The molecule has 5 rings (SSSR count). The Morgan fingerprint density at radius 2 is 1.68 bits per heavy atom. The van der Waals surface area contributed by atoms with Crippen LogP contribution in [0.1, 0.15) is 23.5 Å². The van der Waals surface area contributed by atoms with Gasteiger partial charge in [0.05, 0.1) is 11.8 Å². The maximum Gasteiger partial charge on any atom is 0.407 e. The normalized spacial score (nSPS) is 24.3. The first-order valence-electron chi connectivity index (χ1n) is 11.3. The van der Waals surface area contributed by atoms with Gasteiger partial charge in [-0.25, -0.2) is 13.6 Å². The highest BCUT2D eigenvalue weighted by Crippen LogP contribution is 2.56. The Bertz CT molecular complexity index is 1110. The van der Waals surface area contributed by atoms with Gasteiger partial charge in [-0.1, -0.05) is 48.5 Å².